The van der Waals surface area contributed by atoms with Crippen LogP contribution in [0.15, 0.2) is 24.4 Å². The van der Waals surface area contributed by atoms with E-state index in [-0.39, 0.29) is 0 Å². The van der Waals surface area contributed by atoms with Gasteiger partial charge in [0.2, 0.25) is 0 Å². The van der Waals surface area contributed by atoms with Crippen LogP contribution in [0.2, 0.25) is 0 Å². The van der Waals surface area contributed by atoms with E-state index in [1.165, 1.54) is 11.3 Å². The molecule has 2 N–H and O–H groups in total. The summed E-state index contributed by atoms with van der Waals surface area (Å²) in [6.07, 6.45) is 1.76. The van der Waals surface area contributed by atoms with Crippen molar-refractivity contribution in [2.45, 2.75) is 19.8 Å². The van der Waals surface area contributed by atoms with Crippen molar-refractivity contribution in [3.05, 3.63) is 35.0 Å². The second-order valence-corrected chi connectivity index (χ2v) is 5.41. The van der Waals surface area contributed by atoms with Crippen molar-refractivity contribution in [1.29, 1.82) is 0 Å². The fourth-order valence-electron chi connectivity index (χ4n) is 1.50. The SMILES string of the molecule is CC(C)c1nc(-c2ccccn2)sc1C(N)=S. The molecular formula is C12H13N3S2. The molecule has 0 atom stereocenters. The van der Waals surface area contributed by atoms with Gasteiger partial charge in [-0.25, -0.2) is 4.98 Å². The van der Waals surface area contributed by atoms with Crippen LogP contribution in [0.3, 0.4) is 0 Å². The lowest BCUT2D eigenvalue weighted by molar-refractivity contribution is 0.831. The number of thiocarbonyl (C=S) groups is 1. The first-order valence-corrected chi connectivity index (χ1v) is 6.54. The lowest BCUT2D eigenvalue weighted by Gasteiger charge is -2.02. The van der Waals surface area contributed by atoms with Crippen molar-refractivity contribution in [2.75, 3.05) is 0 Å². The maximum absolute atomic E-state index is 5.73. The van der Waals surface area contributed by atoms with E-state index in [0.717, 1.165) is 21.3 Å². The van der Waals surface area contributed by atoms with Gasteiger partial charge in [0.1, 0.15) is 10.00 Å². The molecule has 0 aliphatic rings. The number of rotatable bonds is 3. The molecule has 2 heterocycles. The molecule has 5 heteroatoms. The zero-order chi connectivity index (χ0) is 12.4. The summed E-state index contributed by atoms with van der Waals surface area (Å²) < 4.78 is 0. The molecule has 88 valence electrons. The van der Waals surface area contributed by atoms with E-state index in [1.54, 1.807) is 6.20 Å². The largest absolute Gasteiger partial charge is 0.389 e. The summed E-state index contributed by atoms with van der Waals surface area (Å²) in [6, 6.07) is 5.76. The molecule has 0 aliphatic carbocycles. The van der Waals surface area contributed by atoms with Gasteiger partial charge < -0.3 is 5.73 Å². The zero-order valence-corrected chi connectivity index (χ0v) is 11.3. The summed E-state index contributed by atoms with van der Waals surface area (Å²) in [7, 11) is 0. The van der Waals surface area contributed by atoms with Crippen LogP contribution in [0.5, 0.6) is 0 Å². The normalized spacial score (nSPS) is 10.8. The highest BCUT2D eigenvalue weighted by Crippen LogP contribution is 2.30. The Balaban J connectivity index is 2.51. The molecule has 0 spiro atoms. The Morgan fingerprint density at radius 1 is 1.41 bits per heavy atom. The van der Waals surface area contributed by atoms with Crippen molar-refractivity contribution >= 4 is 28.5 Å². The molecule has 17 heavy (non-hydrogen) atoms. The first kappa shape index (κ1) is 12.1. The van der Waals surface area contributed by atoms with Gasteiger partial charge in [0, 0.05) is 6.20 Å². The summed E-state index contributed by atoms with van der Waals surface area (Å²) in [4.78, 5) is 10.2. The van der Waals surface area contributed by atoms with Crippen LogP contribution in [0, 0.1) is 0 Å². The van der Waals surface area contributed by atoms with E-state index in [9.17, 15) is 0 Å². The zero-order valence-electron chi connectivity index (χ0n) is 9.68. The van der Waals surface area contributed by atoms with Crippen LogP contribution >= 0.6 is 23.6 Å². The van der Waals surface area contributed by atoms with Crippen LogP contribution in [0.25, 0.3) is 10.7 Å². The van der Waals surface area contributed by atoms with E-state index >= 15 is 0 Å². The maximum atomic E-state index is 5.73. The molecule has 0 bridgehead atoms. The molecule has 0 aliphatic heterocycles. The van der Waals surface area contributed by atoms with Crippen LogP contribution in [0.4, 0.5) is 0 Å². The van der Waals surface area contributed by atoms with Crippen molar-refractivity contribution < 1.29 is 0 Å². The molecule has 0 fully saturated rings. The van der Waals surface area contributed by atoms with Gasteiger partial charge >= 0.3 is 0 Å². The maximum Gasteiger partial charge on any atom is 0.142 e. The van der Waals surface area contributed by atoms with Crippen LogP contribution in [-0.4, -0.2) is 15.0 Å². The molecule has 0 saturated carbocycles. The number of thiazole rings is 1. The molecule has 0 saturated heterocycles. The highest BCUT2D eigenvalue weighted by atomic mass is 32.1. The van der Waals surface area contributed by atoms with Crippen molar-refractivity contribution in [2.24, 2.45) is 5.73 Å². The Kier molecular flexibility index (Phi) is 3.49. The van der Waals surface area contributed by atoms with Gasteiger partial charge in [0.25, 0.3) is 0 Å². The lowest BCUT2D eigenvalue weighted by Crippen LogP contribution is -2.10. The third-order valence-corrected chi connectivity index (χ3v) is 3.77. The van der Waals surface area contributed by atoms with Crippen LogP contribution in [0.1, 0.15) is 30.3 Å². The summed E-state index contributed by atoms with van der Waals surface area (Å²) in [6.45, 7) is 4.16. The lowest BCUT2D eigenvalue weighted by atomic mass is 10.1. The van der Waals surface area contributed by atoms with Gasteiger partial charge in [-0.1, -0.05) is 32.1 Å². The second-order valence-electron chi connectivity index (χ2n) is 3.97. The van der Waals surface area contributed by atoms with Crippen LogP contribution in [-0.2, 0) is 0 Å². The third kappa shape index (κ3) is 2.50. The number of nitrogens with zero attached hydrogens (tertiary/aromatic N) is 2. The summed E-state index contributed by atoms with van der Waals surface area (Å²) in [5, 5.41) is 0.872. The van der Waals surface area contributed by atoms with E-state index in [1.807, 2.05) is 18.2 Å². The number of hydrogen-bond acceptors (Lipinski definition) is 4. The molecule has 2 aromatic rings. The van der Waals surface area contributed by atoms with E-state index in [0.29, 0.717) is 10.9 Å². The molecule has 2 rings (SSSR count). The Hall–Kier alpha value is -1.33. The summed E-state index contributed by atoms with van der Waals surface area (Å²) in [5.74, 6) is 0.306. The Labute approximate surface area is 110 Å². The average Bonchev–Trinajstić information content (AvgIpc) is 2.75. The number of hydrogen-bond donors (Lipinski definition) is 1. The van der Waals surface area contributed by atoms with E-state index in [4.69, 9.17) is 18.0 Å². The topological polar surface area (TPSA) is 51.8 Å². The predicted octanol–water partition coefficient (Wildman–Crippen LogP) is 2.96. The average molecular weight is 263 g/mol. The molecule has 0 radical (unpaired) electrons. The Bertz CT molecular complexity index is 532. The van der Waals surface area contributed by atoms with E-state index in [2.05, 4.69) is 23.8 Å². The molecule has 3 nitrogen and oxygen atoms in total. The predicted molar refractivity (Wildman–Crippen MR) is 75.3 cm³/mol. The highest BCUT2D eigenvalue weighted by molar-refractivity contribution is 7.81. The molecule has 0 amide bonds. The van der Waals surface area contributed by atoms with Crippen molar-refractivity contribution in [1.82, 2.24) is 9.97 Å². The molecule has 0 aromatic carbocycles. The fourth-order valence-corrected chi connectivity index (χ4v) is 2.78. The number of nitrogens with two attached hydrogens (primary N) is 1. The Morgan fingerprint density at radius 3 is 2.65 bits per heavy atom. The minimum absolute atomic E-state index is 0.306. The highest BCUT2D eigenvalue weighted by Gasteiger charge is 2.17. The number of aromatic nitrogens is 2. The van der Waals surface area contributed by atoms with Gasteiger partial charge in [-0.3, -0.25) is 4.98 Å². The van der Waals surface area contributed by atoms with Crippen molar-refractivity contribution in [3.8, 4) is 10.7 Å². The quantitative estimate of drug-likeness (QED) is 0.865. The van der Waals surface area contributed by atoms with Gasteiger partial charge in [0.15, 0.2) is 0 Å². The van der Waals surface area contributed by atoms with Gasteiger partial charge in [0.05, 0.1) is 16.3 Å². The van der Waals surface area contributed by atoms with Gasteiger partial charge in [-0.2, -0.15) is 0 Å². The Morgan fingerprint density at radius 2 is 2.18 bits per heavy atom. The molecular weight excluding hydrogens is 250 g/mol. The molecule has 2 aromatic heterocycles. The fraction of sp³-hybridized carbons (Fsp3) is 0.250. The van der Waals surface area contributed by atoms with Gasteiger partial charge in [-0.05, 0) is 18.1 Å². The van der Waals surface area contributed by atoms with Gasteiger partial charge in [-0.15, -0.1) is 11.3 Å². The third-order valence-electron chi connectivity index (χ3n) is 2.31. The molecule has 0 unspecified atom stereocenters. The monoisotopic (exact) mass is 263 g/mol. The first-order valence-electron chi connectivity index (χ1n) is 5.31. The summed E-state index contributed by atoms with van der Waals surface area (Å²) in [5.41, 5.74) is 7.55. The standard InChI is InChI=1S/C12H13N3S2/c1-7(2)9-10(11(13)16)17-12(15-9)8-5-3-4-6-14-8/h3-7H,1-2H3,(H2,13,16). The summed E-state index contributed by atoms with van der Waals surface area (Å²) >= 11 is 6.57. The van der Waals surface area contributed by atoms with Crippen molar-refractivity contribution in [3.63, 3.8) is 0 Å². The second kappa shape index (κ2) is 4.89. The van der Waals surface area contributed by atoms with Crippen LogP contribution < -0.4 is 5.73 Å². The smallest absolute Gasteiger partial charge is 0.142 e. The van der Waals surface area contributed by atoms with E-state index < -0.39 is 0 Å². The minimum atomic E-state index is 0.306. The first-order chi connectivity index (χ1) is 8.09. The number of pyridine rings is 1. The minimum Gasteiger partial charge on any atom is -0.389 e.